The van der Waals surface area contributed by atoms with Crippen LogP contribution in [0.3, 0.4) is 0 Å². The van der Waals surface area contributed by atoms with E-state index in [1.165, 1.54) is 13.3 Å². The molecule has 2 aromatic heterocycles. The van der Waals surface area contributed by atoms with E-state index < -0.39 is 12.1 Å². The quantitative estimate of drug-likeness (QED) is 0.625. The highest BCUT2D eigenvalue weighted by molar-refractivity contribution is 5.97. The lowest BCUT2D eigenvalue weighted by Gasteiger charge is -2.35. The Bertz CT molecular complexity index is 1060. The van der Waals surface area contributed by atoms with Crippen molar-refractivity contribution in [2.45, 2.75) is 6.18 Å². The highest BCUT2D eigenvalue weighted by atomic mass is 19.4. The highest BCUT2D eigenvalue weighted by Gasteiger charge is 2.38. The van der Waals surface area contributed by atoms with E-state index >= 15 is 0 Å². The van der Waals surface area contributed by atoms with Crippen molar-refractivity contribution in [2.75, 3.05) is 38.2 Å². The zero-order valence-electron chi connectivity index (χ0n) is 16.5. The average molecular weight is 433 g/mol. The Balaban J connectivity index is 1.40. The molecule has 1 aromatic carbocycles. The number of piperazine rings is 1. The summed E-state index contributed by atoms with van der Waals surface area (Å²) in [5, 5.41) is 3.35. The van der Waals surface area contributed by atoms with Crippen molar-refractivity contribution >= 4 is 11.7 Å². The number of nitrogens with zero attached hydrogens (tertiary/aromatic N) is 5. The maximum atomic E-state index is 12.8. The second-order valence-electron chi connectivity index (χ2n) is 6.81. The first-order valence-electron chi connectivity index (χ1n) is 9.41. The van der Waals surface area contributed by atoms with Gasteiger partial charge in [0, 0.05) is 37.9 Å². The van der Waals surface area contributed by atoms with E-state index in [1.54, 1.807) is 41.3 Å². The van der Waals surface area contributed by atoms with E-state index in [0.717, 1.165) is 0 Å². The van der Waals surface area contributed by atoms with Crippen molar-refractivity contribution in [3.63, 3.8) is 0 Å². The number of amides is 1. The fraction of sp³-hybridized carbons (Fsp3) is 0.300. The Morgan fingerprint density at radius 1 is 1.10 bits per heavy atom. The summed E-state index contributed by atoms with van der Waals surface area (Å²) in [5.74, 6) is -0.506. The number of halogens is 3. The minimum absolute atomic E-state index is 0.0991. The predicted molar refractivity (Wildman–Crippen MR) is 104 cm³/mol. The highest BCUT2D eigenvalue weighted by Crippen LogP contribution is 2.29. The number of pyridine rings is 1. The Morgan fingerprint density at radius 3 is 2.45 bits per heavy atom. The normalized spacial score (nSPS) is 14.6. The van der Waals surface area contributed by atoms with Crippen LogP contribution in [0.15, 0.2) is 47.1 Å². The van der Waals surface area contributed by atoms with Gasteiger partial charge >= 0.3 is 12.1 Å². The first-order chi connectivity index (χ1) is 14.9. The van der Waals surface area contributed by atoms with Crippen molar-refractivity contribution < 1.29 is 27.2 Å². The molecular weight excluding hydrogens is 415 g/mol. The maximum Gasteiger partial charge on any atom is 0.471 e. The first kappa shape index (κ1) is 20.6. The standard InChI is InChI=1S/C20H18F3N5O3/c1-30-15-5-3-2-4-14(15)18(29)28-10-8-27(9-11-28)16-7-6-13(12-24-16)17-25-19(31-26-17)20(21,22)23/h2-7,12H,8-11H2,1H3. The number of rotatable bonds is 4. The Hall–Kier alpha value is -3.63. The topological polar surface area (TPSA) is 84.6 Å². The van der Waals surface area contributed by atoms with Gasteiger partial charge in [0.15, 0.2) is 0 Å². The SMILES string of the molecule is COc1ccccc1C(=O)N1CCN(c2ccc(-c3noc(C(F)(F)F)n3)cn2)CC1. The summed E-state index contributed by atoms with van der Waals surface area (Å²) in [6, 6.07) is 10.3. The monoisotopic (exact) mass is 433 g/mol. The molecule has 0 aliphatic carbocycles. The molecule has 0 radical (unpaired) electrons. The number of alkyl halides is 3. The van der Waals surface area contributed by atoms with E-state index in [4.69, 9.17) is 4.74 Å². The summed E-state index contributed by atoms with van der Waals surface area (Å²) in [7, 11) is 1.53. The number of anilines is 1. The van der Waals surface area contributed by atoms with Gasteiger partial charge in [0.25, 0.3) is 5.91 Å². The number of carbonyl (C=O) groups excluding carboxylic acids is 1. The molecule has 4 rings (SSSR count). The Morgan fingerprint density at radius 2 is 1.84 bits per heavy atom. The van der Waals surface area contributed by atoms with Gasteiger partial charge in [-0.15, -0.1) is 0 Å². The molecule has 0 atom stereocenters. The third-order valence-electron chi connectivity index (χ3n) is 4.90. The van der Waals surface area contributed by atoms with E-state index in [2.05, 4.69) is 19.6 Å². The fourth-order valence-corrected chi connectivity index (χ4v) is 3.29. The van der Waals surface area contributed by atoms with Gasteiger partial charge in [0.05, 0.1) is 12.7 Å². The van der Waals surface area contributed by atoms with Gasteiger partial charge in [-0.2, -0.15) is 18.2 Å². The Labute approximate surface area is 175 Å². The van der Waals surface area contributed by atoms with Gasteiger partial charge in [0.1, 0.15) is 11.6 Å². The molecule has 0 unspecified atom stereocenters. The molecule has 11 heteroatoms. The summed E-state index contributed by atoms with van der Waals surface area (Å²) in [5.41, 5.74) is 0.826. The molecule has 8 nitrogen and oxygen atoms in total. The molecule has 162 valence electrons. The van der Waals surface area contributed by atoms with Gasteiger partial charge < -0.3 is 19.1 Å². The molecule has 0 bridgehead atoms. The van der Waals surface area contributed by atoms with Crippen molar-refractivity contribution in [1.29, 1.82) is 0 Å². The van der Waals surface area contributed by atoms with E-state index in [-0.39, 0.29) is 11.7 Å². The average Bonchev–Trinajstić information content (AvgIpc) is 3.30. The summed E-state index contributed by atoms with van der Waals surface area (Å²) in [6.07, 6.45) is -3.30. The fourth-order valence-electron chi connectivity index (χ4n) is 3.29. The second kappa shape index (κ2) is 8.25. The van der Waals surface area contributed by atoms with Crippen LogP contribution in [0.2, 0.25) is 0 Å². The predicted octanol–water partition coefficient (Wildman–Crippen LogP) is 3.12. The number of aromatic nitrogens is 3. The van der Waals surface area contributed by atoms with E-state index in [0.29, 0.717) is 48.9 Å². The van der Waals surface area contributed by atoms with Crippen LogP contribution < -0.4 is 9.64 Å². The lowest BCUT2D eigenvalue weighted by Crippen LogP contribution is -2.49. The van der Waals surface area contributed by atoms with Gasteiger partial charge in [-0.05, 0) is 24.3 Å². The third kappa shape index (κ3) is 4.30. The first-order valence-corrected chi connectivity index (χ1v) is 9.41. The van der Waals surface area contributed by atoms with Crippen LogP contribution in [0, 0.1) is 0 Å². The van der Waals surface area contributed by atoms with Crippen LogP contribution in [0.4, 0.5) is 19.0 Å². The molecule has 1 amide bonds. The molecule has 31 heavy (non-hydrogen) atoms. The van der Waals surface area contributed by atoms with Crippen LogP contribution in [0.5, 0.6) is 5.75 Å². The molecule has 0 N–H and O–H groups in total. The van der Waals surface area contributed by atoms with Crippen molar-refractivity contribution in [2.24, 2.45) is 0 Å². The van der Waals surface area contributed by atoms with Crippen molar-refractivity contribution in [3.8, 4) is 17.1 Å². The molecule has 3 heterocycles. The van der Waals surface area contributed by atoms with E-state index in [9.17, 15) is 18.0 Å². The molecule has 1 saturated heterocycles. The molecule has 0 spiro atoms. The summed E-state index contributed by atoms with van der Waals surface area (Å²) in [4.78, 5) is 24.2. The summed E-state index contributed by atoms with van der Waals surface area (Å²) >= 11 is 0. The summed E-state index contributed by atoms with van der Waals surface area (Å²) in [6.45, 7) is 2.13. The molecule has 3 aromatic rings. The maximum absolute atomic E-state index is 12.8. The molecule has 1 aliphatic rings. The van der Waals surface area contributed by atoms with Gasteiger partial charge in [-0.1, -0.05) is 17.3 Å². The third-order valence-corrected chi connectivity index (χ3v) is 4.90. The number of hydrogen-bond acceptors (Lipinski definition) is 7. The molecular formula is C20H18F3N5O3. The number of benzene rings is 1. The number of hydrogen-bond donors (Lipinski definition) is 0. The minimum Gasteiger partial charge on any atom is -0.496 e. The zero-order valence-corrected chi connectivity index (χ0v) is 16.5. The Kier molecular flexibility index (Phi) is 5.49. The molecule has 0 saturated carbocycles. The largest absolute Gasteiger partial charge is 0.496 e. The second-order valence-corrected chi connectivity index (χ2v) is 6.81. The number of para-hydroxylation sites is 1. The molecule has 1 aliphatic heterocycles. The number of ether oxygens (including phenoxy) is 1. The minimum atomic E-state index is -4.69. The van der Waals surface area contributed by atoms with Crippen LogP contribution in [-0.4, -0.2) is 59.2 Å². The van der Waals surface area contributed by atoms with Gasteiger partial charge in [-0.25, -0.2) is 4.98 Å². The zero-order chi connectivity index (χ0) is 22.0. The van der Waals surface area contributed by atoms with E-state index in [1.807, 2.05) is 4.90 Å². The lowest BCUT2D eigenvalue weighted by atomic mass is 10.1. The van der Waals surface area contributed by atoms with Gasteiger partial charge in [0.2, 0.25) is 5.82 Å². The van der Waals surface area contributed by atoms with Crippen molar-refractivity contribution in [1.82, 2.24) is 20.0 Å². The molecule has 1 fully saturated rings. The number of methoxy groups -OCH3 is 1. The smallest absolute Gasteiger partial charge is 0.471 e. The van der Waals surface area contributed by atoms with Gasteiger partial charge in [-0.3, -0.25) is 4.79 Å². The van der Waals surface area contributed by atoms with Crippen molar-refractivity contribution in [3.05, 3.63) is 54.0 Å². The lowest BCUT2D eigenvalue weighted by molar-refractivity contribution is -0.159. The van der Waals surface area contributed by atoms with Crippen LogP contribution in [-0.2, 0) is 6.18 Å². The summed E-state index contributed by atoms with van der Waals surface area (Å²) < 4.78 is 47.3. The van der Waals surface area contributed by atoms with Crippen LogP contribution >= 0.6 is 0 Å². The van der Waals surface area contributed by atoms with Crippen LogP contribution in [0.25, 0.3) is 11.4 Å². The number of carbonyl (C=O) groups is 1. The van der Waals surface area contributed by atoms with Crippen LogP contribution in [0.1, 0.15) is 16.2 Å².